The van der Waals surface area contributed by atoms with Crippen LogP contribution in [0.15, 0.2) is 0 Å². The number of nitrogens with zero attached hydrogens (tertiary/aromatic N) is 2. The molecule has 0 radical (unpaired) electrons. The van der Waals surface area contributed by atoms with Crippen LogP contribution in [0.25, 0.3) is 0 Å². The summed E-state index contributed by atoms with van der Waals surface area (Å²) in [5.74, 6) is -0.0490. The van der Waals surface area contributed by atoms with E-state index in [9.17, 15) is 4.79 Å². The molecule has 0 N–H and O–H groups in total. The Kier molecular flexibility index (Phi) is 2.23. The highest BCUT2D eigenvalue weighted by molar-refractivity contribution is 9.26. The second-order valence-electron chi connectivity index (χ2n) is 3.94. The van der Waals surface area contributed by atoms with Gasteiger partial charge in [-0.05, 0) is 13.8 Å². The molecule has 0 saturated carbocycles. The van der Waals surface area contributed by atoms with Crippen LogP contribution in [-0.2, 0) is 4.79 Å². The molecule has 76 valence electrons. The number of nitriles is 1. The maximum atomic E-state index is 11.7. The third kappa shape index (κ3) is 1.12. The number of carbonyl (C=O) groups is 1. The number of alkyl halides is 2. The van der Waals surface area contributed by atoms with Gasteiger partial charge in [-0.1, -0.05) is 31.9 Å². The van der Waals surface area contributed by atoms with Crippen LogP contribution in [0.4, 0.5) is 0 Å². The minimum absolute atomic E-state index is 0.0228. The first-order chi connectivity index (χ1) is 6.32. The van der Waals surface area contributed by atoms with Gasteiger partial charge in [-0.3, -0.25) is 4.79 Å². The lowest BCUT2D eigenvalue weighted by Gasteiger charge is -2.45. The molecule has 0 aromatic carbocycles. The first kappa shape index (κ1) is 10.8. The summed E-state index contributed by atoms with van der Waals surface area (Å²) < 4.78 is -0.855. The number of hydrogen-bond donors (Lipinski definition) is 0. The molecular formula is C8H8Br2N2OS. The lowest BCUT2D eigenvalue weighted by Crippen LogP contribution is -2.66. The smallest absolute Gasteiger partial charge is 0.255 e. The van der Waals surface area contributed by atoms with E-state index >= 15 is 0 Å². The van der Waals surface area contributed by atoms with Crippen molar-refractivity contribution in [3.8, 4) is 6.07 Å². The fourth-order valence-corrected chi connectivity index (χ4v) is 4.64. The van der Waals surface area contributed by atoms with E-state index in [2.05, 4.69) is 37.9 Å². The van der Waals surface area contributed by atoms with Crippen molar-refractivity contribution in [1.82, 2.24) is 4.90 Å². The van der Waals surface area contributed by atoms with Gasteiger partial charge in [-0.2, -0.15) is 5.26 Å². The van der Waals surface area contributed by atoms with E-state index in [1.54, 1.807) is 16.7 Å². The number of rotatable bonds is 0. The maximum absolute atomic E-state index is 11.7. The van der Waals surface area contributed by atoms with Gasteiger partial charge in [-0.25, -0.2) is 0 Å². The van der Waals surface area contributed by atoms with Gasteiger partial charge in [0.25, 0.3) is 5.91 Å². The van der Waals surface area contributed by atoms with E-state index in [1.165, 1.54) is 0 Å². The summed E-state index contributed by atoms with van der Waals surface area (Å²) in [5.41, 5.74) is 0. The highest BCUT2D eigenvalue weighted by Gasteiger charge is 2.68. The molecule has 2 atom stereocenters. The molecule has 3 nitrogen and oxygen atoms in total. The molecule has 2 aliphatic rings. The van der Waals surface area contributed by atoms with Gasteiger partial charge in [0, 0.05) is 4.75 Å². The molecule has 0 spiro atoms. The van der Waals surface area contributed by atoms with Gasteiger partial charge >= 0.3 is 0 Å². The number of thioether (sulfide) groups is 1. The van der Waals surface area contributed by atoms with Gasteiger partial charge in [0.1, 0.15) is 11.4 Å². The molecule has 2 fully saturated rings. The lowest BCUT2D eigenvalue weighted by atomic mass is 10.00. The number of halogens is 2. The van der Waals surface area contributed by atoms with Crippen molar-refractivity contribution < 1.29 is 4.79 Å². The quantitative estimate of drug-likeness (QED) is 0.501. The zero-order valence-electron chi connectivity index (χ0n) is 7.62. The van der Waals surface area contributed by atoms with E-state index in [0.717, 1.165) is 0 Å². The van der Waals surface area contributed by atoms with E-state index in [4.69, 9.17) is 5.26 Å². The van der Waals surface area contributed by atoms with Crippen LogP contribution in [0.3, 0.4) is 0 Å². The standard InChI is InChI=1S/C8H8Br2N2OS/c1-7(2)4(3-11)12-5(13)8(9,10)6(12)14-7/h4,6H,1-2H3/t4-,6-/m0/s1. The molecule has 0 bridgehead atoms. The second kappa shape index (κ2) is 2.89. The van der Waals surface area contributed by atoms with Crippen molar-refractivity contribution in [2.75, 3.05) is 0 Å². The zero-order valence-corrected chi connectivity index (χ0v) is 11.6. The normalized spacial score (nSPS) is 37.4. The molecule has 14 heavy (non-hydrogen) atoms. The Hall–Kier alpha value is 0.270. The fourth-order valence-electron chi connectivity index (χ4n) is 1.78. The van der Waals surface area contributed by atoms with Crippen LogP contribution in [0.1, 0.15) is 13.8 Å². The van der Waals surface area contributed by atoms with Crippen molar-refractivity contribution in [3.63, 3.8) is 0 Å². The maximum Gasteiger partial charge on any atom is 0.255 e. The van der Waals surface area contributed by atoms with Crippen molar-refractivity contribution >= 4 is 49.5 Å². The number of hydrogen-bond acceptors (Lipinski definition) is 3. The van der Waals surface area contributed by atoms with Crippen molar-refractivity contribution in [3.05, 3.63) is 0 Å². The Morgan fingerprint density at radius 2 is 2.14 bits per heavy atom. The third-order valence-corrected chi connectivity index (χ3v) is 6.34. The SMILES string of the molecule is CC1(C)S[C@@H]2N(C(=O)C2(Br)Br)[C@H]1C#N. The van der Waals surface area contributed by atoms with Crippen LogP contribution < -0.4 is 0 Å². The van der Waals surface area contributed by atoms with Gasteiger partial charge in [0.15, 0.2) is 3.23 Å². The molecule has 2 rings (SSSR count). The summed E-state index contributed by atoms with van der Waals surface area (Å²) in [4.78, 5) is 13.3. The molecule has 0 unspecified atom stereocenters. The van der Waals surface area contributed by atoms with Gasteiger partial charge < -0.3 is 4.90 Å². The highest BCUT2D eigenvalue weighted by Crippen LogP contribution is 2.59. The van der Waals surface area contributed by atoms with Crippen molar-refractivity contribution in [2.45, 2.75) is 33.2 Å². The predicted molar refractivity (Wildman–Crippen MR) is 62.3 cm³/mol. The average Bonchev–Trinajstić information content (AvgIpc) is 2.35. The largest absolute Gasteiger partial charge is 0.308 e. The number of fused-ring (bicyclic) bond motifs is 1. The molecule has 1 amide bonds. The Balaban J connectivity index is 2.36. The summed E-state index contributed by atoms with van der Waals surface area (Å²) in [6, 6.07) is 1.87. The number of amides is 1. The monoisotopic (exact) mass is 338 g/mol. The molecule has 2 aliphatic heterocycles. The van der Waals surface area contributed by atoms with Gasteiger partial charge in [-0.15, -0.1) is 11.8 Å². The van der Waals surface area contributed by atoms with E-state index < -0.39 is 3.23 Å². The molecule has 6 heteroatoms. The van der Waals surface area contributed by atoms with Crippen molar-refractivity contribution in [1.29, 1.82) is 5.26 Å². The molecule has 0 aromatic rings. The average molecular weight is 340 g/mol. The second-order valence-corrected chi connectivity index (χ2v) is 9.24. The summed E-state index contributed by atoms with van der Waals surface area (Å²) in [6.07, 6.45) is 0. The Labute approximate surface area is 103 Å². The first-order valence-electron chi connectivity index (χ1n) is 4.10. The van der Waals surface area contributed by atoms with Gasteiger partial charge in [0.05, 0.1) is 6.07 Å². The lowest BCUT2D eigenvalue weighted by molar-refractivity contribution is -0.142. The highest BCUT2D eigenvalue weighted by atomic mass is 79.9. The fraction of sp³-hybridized carbons (Fsp3) is 0.750. The number of carbonyl (C=O) groups excluding carboxylic acids is 1. The molecule has 0 aliphatic carbocycles. The van der Waals surface area contributed by atoms with Crippen LogP contribution in [0.5, 0.6) is 0 Å². The van der Waals surface area contributed by atoms with Crippen LogP contribution >= 0.6 is 43.6 Å². The topological polar surface area (TPSA) is 44.1 Å². The Morgan fingerprint density at radius 3 is 2.64 bits per heavy atom. The molecule has 2 saturated heterocycles. The first-order valence-corrected chi connectivity index (χ1v) is 6.57. The third-order valence-electron chi connectivity index (χ3n) is 2.56. The number of β-lactam (4-membered cyclic amide) rings is 1. The minimum atomic E-state index is -0.659. The summed E-state index contributed by atoms with van der Waals surface area (Å²) >= 11 is 8.33. The van der Waals surface area contributed by atoms with E-state index in [-0.39, 0.29) is 22.1 Å². The summed E-state index contributed by atoms with van der Waals surface area (Å²) in [7, 11) is 0. The van der Waals surface area contributed by atoms with Crippen molar-refractivity contribution in [2.24, 2.45) is 0 Å². The van der Waals surface area contributed by atoms with E-state index in [0.29, 0.717) is 0 Å². The van der Waals surface area contributed by atoms with Crippen LogP contribution in [0, 0.1) is 11.3 Å². The molecule has 0 aromatic heterocycles. The van der Waals surface area contributed by atoms with E-state index in [1.807, 2.05) is 13.8 Å². The summed E-state index contributed by atoms with van der Waals surface area (Å²) in [6.45, 7) is 3.99. The minimum Gasteiger partial charge on any atom is -0.308 e. The molecular weight excluding hydrogens is 332 g/mol. The van der Waals surface area contributed by atoms with Crippen LogP contribution in [-0.4, -0.2) is 30.2 Å². The van der Waals surface area contributed by atoms with Crippen LogP contribution in [0.2, 0.25) is 0 Å². The molecule has 2 heterocycles. The zero-order chi connectivity index (χ0) is 10.7. The van der Waals surface area contributed by atoms with Gasteiger partial charge in [0.2, 0.25) is 0 Å². The Morgan fingerprint density at radius 1 is 1.57 bits per heavy atom. The summed E-state index contributed by atoms with van der Waals surface area (Å²) in [5, 5.41) is 9.05. The predicted octanol–water partition coefficient (Wildman–Crippen LogP) is 2.06. The Bertz CT molecular complexity index is 350.